The number of nitrogens with two attached hydrogens (primary N) is 1. The maximum absolute atomic E-state index is 13.2. The van der Waals surface area contributed by atoms with Crippen molar-refractivity contribution in [3.8, 4) is 0 Å². The van der Waals surface area contributed by atoms with Crippen molar-refractivity contribution in [3.05, 3.63) is 64.0 Å². The summed E-state index contributed by atoms with van der Waals surface area (Å²) in [6.45, 7) is 1.76. The van der Waals surface area contributed by atoms with Crippen LogP contribution in [0.4, 0.5) is 21.5 Å². The first kappa shape index (κ1) is 22.9. The molecule has 0 fully saturated rings. The number of hydrogen-bond donors (Lipinski definition) is 3. The van der Waals surface area contributed by atoms with E-state index in [4.69, 9.17) is 10.8 Å². The van der Waals surface area contributed by atoms with Gasteiger partial charge in [-0.05, 0) is 36.2 Å². The molecular formula is C18H21FN4O4S. The molecule has 10 heteroatoms. The predicted molar refractivity (Wildman–Crippen MR) is 111 cm³/mol. The Morgan fingerprint density at radius 3 is 2.43 bits per heavy atom. The van der Waals surface area contributed by atoms with Crippen LogP contribution in [0.15, 0.2) is 42.5 Å². The van der Waals surface area contributed by atoms with E-state index in [2.05, 4.69) is 23.4 Å². The second-order valence-electron chi connectivity index (χ2n) is 5.47. The third-order valence-corrected chi connectivity index (χ3v) is 3.73. The average Bonchev–Trinajstić information content (AvgIpc) is 2.69. The average molecular weight is 408 g/mol. The van der Waals surface area contributed by atoms with Crippen LogP contribution in [-0.2, 0) is 0 Å². The molecular weight excluding hydrogens is 387 g/mol. The highest BCUT2D eigenvalue weighted by atomic mass is 32.1. The van der Waals surface area contributed by atoms with Crippen LogP contribution in [0, 0.1) is 15.9 Å². The van der Waals surface area contributed by atoms with Crippen LogP contribution in [0.3, 0.4) is 0 Å². The molecule has 0 amide bonds. The number of halogens is 1. The second kappa shape index (κ2) is 11.6. The predicted octanol–water partition coefficient (Wildman–Crippen LogP) is 2.93. The fourth-order valence-electron chi connectivity index (χ4n) is 2.48. The van der Waals surface area contributed by atoms with Crippen molar-refractivity contribution in [1.29, 1.82) is 0 Å². The molecule has 4 N–H and O–H groups in total. The Bertz CT molecular complexity index is 805. The van der Waals surface area contributed by atoms with Crippen LogP contribution in [0.2, 0.25) is 0 Å². The molecule has 0 aliphatic rings. The van der Waals surface area contributed by atoms with Crippen molar-refractivity contribution < 1.29 is 19.2 Å². The lowest BCUT2D eigenvalue weighted by Crippen LogP contribution is -2.33. The van der Waals surface area contributed by atoms with Gasteiger partial charge in [-0.2, -0.15) is 0 Å². The molecule has 0 bridgehead atoms. The Kier molecular flexibility index (Phi) is 9.48. The van der Waals surface area contributed by atoms with Crippen LogP contribution < -0.4 is 16.0 Å². The number of hydrogen-bond acceptors (Lipinski definition) is 7. The van der Waals surface area contributed by atoms with Gasteiger partial charge >= 0.3 is 5.97 Å². The summed E-state index contributed by atoms with van der Waals surface area (Å²) in [5, 5.41) is 22.8. The molecule has 2 aromatic rings. The number of nitro groups is 1. The number of non-ortho nitro benzene ring substituents is 1. The van der Waals surface area contributed by atoms with Gasteiger partial charge in [0.15, 0.2) is 0 Å². The van der Waals surface area contributed by atoms with E-state index >= 15 is 0 Å². The maximum atomic E-state index is 13.2. The number of benzene rings is 2. The number of rotatable bonds is 9. The molecule has 8 nitrogen and oxygen atoms in total. The van der Waals surface area contributed by atoms with E-state index in [1.54, 1.807) is 12.1 Å². The summed E-state index contributed by atoms with van der Waals surface area (Å²) < 4.78 is 13.2. The first-order valence-electron chi connectivity index (χ1n) is 8.17. The Labute approximate surface area is 166 Å². The maximum Gasteiger partial charge on any atom is 0.337 e. The summed E-state index contributed by atoms with van der Waals surface area (Å²) in [5.41, 5.74) is 6.55. The standard InChI is InChI=1S/C17H19FN4O4.CH2S/c18-12-1-6-16(15(11-12)17(23)24)20-8-10-21(9-7-19)13-2-4-14(5-3-13)22(25)26;1-2/h1-6,11,20H,7-10,19H2,(H,23,24);1H2. The highest BCUT2D eigenvalue weighted by Gasteiger charge is 2.12. The number of carbonyl (C=O) groups is 1. The fourth-order valence-corrected chi connectivity index (χ4v) is 2.48. The van der Waals surface area contributed by atoms with Gasteiger partial charge in [-0.15, -0.1) is 0 Å². The second-order valence-corrected chi connectivity index (χ2v) is 5.47. The number of anilines is 2. The van der Waals surface area contributed by atoms with E-state index in [1.165, 1.54) is 24.3 Å². The van der Waals surface area contributed by atoms with E-state index in [1.807, 2.05) is 4.90 Å². The summed E-state index contributed by atoms with van der Waals surface area (Å²) in [6.07, 6.45) is 0. The molecule has 0 aliphatic heterocycles. The van der Waals surface area contributed by atoms with Crippen LogP contribution >= 0.6 is 12.2 Å². The normalized spacial score (nSPS) is 9.79. The minimum Gasteiger partial charge on any atom is -0.478 e. The summed E-state index contributed by atoms with van der Waals surface area (Å²) >= 11 is 3.83. The molecule has 0 saturated heterocycles. The van der Waals surface area contributed by atoms with E-state index in [9.17, 15) is 19.3 Å². The number of aromatic carboxylic acids is 1. The SMILES string of the molecule is C=S.NCCN(CCNc1ccc(F)cc1C(=O)O)c1ccc([N+](=O)[O-])cc1. The number of nitrogens with zero attached hydrogens (tertiary/aromatic N) is 2. The smallest absolute Gasteiger partial charge is 0.337 e. The van der Waals surface area contributed by atoms with Crippen molar-refractivity contribution in [3.63, 3.8) is 0 Å². The quantitative estimate of drug-likeness (QED) is 0.329. The van der Waals surface area contributed by atoms with Crippen molar-refractivity contribution >= 4 is 41.1 Å². The van der Waals surface area contributed by atoms with Gasteiger partial charge in [-0.1, -0.05) is 12.2 Å². The molecule has 0 spiro atoms. The Morgan fingerprint density at radius 1 is 1.25 bits per heavy atom. The molecule has 0 heterocycles. The van der Waals surface area contributed by atoms with Gasteiger partial charge in [0.25, 0.3) is 5.69 Å². The minimum atomic E-state index is -1.22. The molecule has 0 radical (unpaired) electrons. The molecule has 2 rings (SSSR count). The van der Waals surface area contributed by atoms with Gasteiger partial charge in [0.05, 0.1) is 10.5 Å². The van der Waals surface area contributed by atoms with Crippen LogP contribution in [-0.4, -0.2) is 48.0 Å². The molecule has 0 saturated carbocycles. The van der Waals surface area contributed by atoms with Crippen molar-refractivity contribution in [1.82, 2.24) is 0 Å². The Morgan fingerprint density at radius 2 is 1.89 bits per heavy atom. The van der Waals surface area contributed by atoms with Crippen LogP contribution in [0.1, 0.15) is 10.4 Å². The molecule has 0 atom stereocenters. The topological polar surface area (TPSA) is 122 Å². The number of nitro benzene ring substituents is 1. The van der Waals surface area contributed by atoms with Crippen molar-refractivity contribution in [2.24, 2.45) is 5.73 Å². The van der Waals surface area contributed by atoms with Crippen LogP contribution in [0.25, 0.3) is 0 Å². The zero-order valence-corrected chi connectivity index (χ0v) is 15.8. The summed E-state index contributed by atoms with van der Waals surface area (Å²) in [7, 11) is 0. The van der Waals surface area contributed by atoms with E-state index in [0.29, 0.717) is 31.9 Å². The zero-order valence-electron chi connectivity index (χ0n) is 15.0. The monoisotopic (exact) mass is 408 g/mol. The first-order chi connectivity index (χ1) is 13.4. The van der Waals surface area contributed by atoms with E-state index in [0.717, 1.165) is 11.8 Å². The molecule has 150 valence electrons. The zero-order chi connectivity index (χ0) is 21.1. The molecule has 28 heavy (non-hydrogen) atoms. The lowest BCUT2D eigenvalue weighted by atomic mass is 10.1. The van der Waals surface area contributed by atoms with Gasteiger partial charge < -0.3 is 21.1 Å². The lowest BCUT2D eigenvalue weighted by Gasteiger charge is -2.24. The van der Waals surface area contributed by atoms with Crippen molar-refractivity contribution in [2.75, 3.05) is 36.4 Å². The lowest BCUT2D eigenvalue weighted by molar-refractivity contribution is -0.384. The number of nitrogens with one attached hydrogen (secondary N) is 1. The van der Waals surface area contributed by atoms with Crippen LogP contribution in [0.5, 0.6) is 0 Å². The first-order valence-corrected chi connectivity index (χ1v) is 8.75. The van der Waals surface area contributed by atoms with E-state index < -0.39 is 16.7 Å². The molecule has 0 aliphatic carbocycles. The largest absolute Gasteiger partial charge is 0.478 e. The fraction of sp³-hybridized carbons (Fsp3) is 0.222. The number of thiocarbonyl (C=S) groups is 1. The van der Waals surface area contributed by atoms with Gasteiger partial charge in [-0.3, -0.25) is 10.1 Å². The number of carboxylic acids is 1. The van der Waals surface area contributed by atoms with Gasteiger partial charge in [0.1, 0.15) is 5.82 Å². The number of carboxylic acid groups (broad SMARTS) is 1. The summed E-state index contributed by atoms with van der Waals surface area (Å²) in [4.78, 5) is 23.4. The van der Waals surface area contributed by atoms with Gasteiger partial charge in [0, 0.05) is 49.7 Å². The van der Waals surface area contributed by atoms with E-state index in [-0.39, 0.29) is 11.3 Å². The highest BCUT2D eigenvalue weighted by Crippen LogP contribution is 2.20. The molecule has 0 unspecified atom stereocenters. The Hall–Kier alpha value is -3.11. The Balaban J connectivity index is 0.00000190. The third-order valence-electron chi connectivity index (χ3n) is 3.73. The molecule has 2 aromatic carbocycles. The minimum absolute atomic E-state index is 0.00279. The van der Waals surface area contributed by atoms with Gasteiger partial charge in [-0.25, -0.2) is 9.18 Å². The van der Waals surface area contributed by atoms with Gasteiger partial charge in [0.2, 0.25) is 0 Å². The summed E-state index contributed by atoms with van der Waals surface area (Å²) in [6, 6.07) is 9.60. The molecule has 0 aromatic heterocycles. The highest BCUT2D eigenvalue weighted by molar-refractivity contribution is 7.77. The summed E-state index contributed by atoms with van der Waals surface area (Å²) in [5.74, 6) is 0.991. The van der Waals surface area contributed by atoms with Crippen molar-refractivity contribution in [2.45, 2.75) is 0 Å². The third kappa shape index (κ3) is 6.56.